The Hall–Kier alpha value is -4.34. The maximum atomic E-state index is 13.5. The molecule has 2 aliphatic rings. The zero-order chi connectivity index (χ0) is 34.1. The van der Waals surface area contributed by atoms with Crippen LogP contribution in [-0.2, 0) is 29.9 Å². The van der Waals surface area contributed by atoms with E-state index in [9.17, 15) is 44.3 Å². The molecule has 1 saturated heterocycles. The molecule has 0 spiro atoms. The lowest BCUT2D eigenvalue weighted by atomic mass is 10.0. The highest BCUT2D eigenvalue weighted by Crippen LogP contribution is 2.40. The zero-order valence-electron chi connectivity index (χ0n) is 24.3. The van der Waals surface area contributed by atoms with Crippen molar-refractivity contribution in [2.45, 2.75) is 25.1 Å². The summed E-state index contributed by atoms with van der Waals surface area (Å²) in [5.41, 5.74) is -3.61. The quantitative estimate of drug-likeness (QED) is 0.193. The summed E-state index contributed by atoms with van der Waals surface area (Å²) in [6, 6.07) is 11.0. The van der Waals surface area contributed by atoms with Crippen molar-refractivity contribution in [2.24, 2.45) is 4.99 Å². The van der Waals surface area contributed by atoms with Crippen LogP contribution < -0.4 is 14.4 Å². The van der Waals surface area contributed by atoms with Crippen LogP contribution in [-0.4, -0.2) is 49.3 Å². The lowest BCUT2D eigenvalue weighted by molar-refractivity contribution is -0.143. The highest BCUT2D eigenvalue weighted by molar-refractivity contribution is 8.18. The molecule has 47 heavy (non-hydrogen) atoms. The van der Waals surface area contributed by atoms with Gasteiger partial charge in [-0.2, -0.15) is 44.5 Å². The van der Waals surface area contributed by atoms with Gasteiger partial charge in [0.1, 0.15) is 6.61 Å². The monoisotopic (exact) mass is 689 g/mol. The van der Waals surface area contributed by atoms with Crippen LogP contribution >= 0.6 is 11.8 Å². The maximum absolute atomic E-state index is 13.5. The minimum absolute atomic E-state index is 0.00924. The second kappa shape index (κ2) is 13.0. The summed E-state index contributed by atoms with van der Waals surface area (Å²) in [4.78, 5) is 20.5. The maximum Gasteiger partial charge on any atom is 0.418 e. The fourth-order valence-electron chi connectivity index (χ4n) is 5.00. The van der Waals surface area contributed by atoms with Crippen LogP contribution in [0.25, 0.3) is 6.08 Å². The third-order valence-corrected chi connectivity index (χ3v) is 8.37. The van der Waals surface area contributed by atoms with Gasteiger partial charge in [-0.05, 0) is 59.8 Å². The fraction of sp³-hybridized carbons (Fsp3) is 0.290. The number of hydrogen-bond donors (Lipinski definition) is 0. The smallest absolute Gasteiger partial charge is 0.418 e. The molecule has 250 valence electrons. The number of para-hydroxylation sites is 1. The van der Waals surface area contributed by atoms with Gasteiger partial charge in [-0.3, -0.25) is 4.79 Å². The van der Waals surface area contributed by atoms with Gasteiger partial charge in [0.05, 0.1) is 28.7 Å². The molecule has 0 radical (unpaired) electrons. The Morgan fingerprint density at radius 1 is 0.787 bits per heavy atom. The normalized spacial score (nSPS) is 16.9. The number of nitrogens with zero attached hydrogens (tertiary/aromatic N) is 3. The number of piperazine rings is 1. The summed E-state index contributed by atoms with van der Waals surface area (Å²) in [6.45, 7) is 0.496. The number of alkyl halides is 9. The van der Waals surface area contributed by atoms with Gasteiger partial charge in [-0.1, -0.05) is 24.3 Å². The molecule has 1 fully saturated rings. The lowest BCUT2D eigenvalue weighted by Crippen LogP contribution is -2.48. The van der Waals surface area contributed by atoms with Crippen molar-refractivity contribution in [2.75, 3.05) is 38.2 Å². The number of thioether (sulfide) groups is 1. The Morgan fingerprint density at radius 2 is 1.45 bits per heavy atom. The molecule has 0 aromatic heterocycles. The third-order valence-electron chi connectivity index (χ3n) is 7.32. The van der Waals surface area contributed by atoms with Gasteiger partial charge in [-0.15, -0.1) is 0 Å². The van der Waals surface area contributed by atoms with Crippen molar-refractivity contribution in [1.29, 1.82) is 0 Å². The van der Waals surface area contributed by atoms with E-state index >= 15 is 0 Å². The Balaban J connectivity index is 1.24. The Morgan fingerprint density at radius 3 is 2.09 bits per heavy atom. The molecule has 16 heteroatoms. The van der Waals surface area contributed by atoms with E-state index in [2.05, 4.69) is 4.99 Å². The van der Waals surface area contributed by atoms with Crippen LogP contribution in [0, 0.1) is 0 Å². The molecular weight excluding hydrogens is 665 g/mol. The minimum Gasteiger partial charge on any atom is -0.493 e. The van der Waals surface area contributed by atoms with Gasteiger partial charge >= 0.3 is 18.5 Å². The molecule has 0 N–H and O–H groups in total. The highest BCUT2D eigenvalue weighted by atomic mass is 32.2. The summed E-state index contributed by atoms with van der Waals surface area (Å²) in [7, 11) is 1.28. The standard InChI is InChI=1S/C31H24F9N3O3S/c1-45-25-14-18(6-9-24(25)46-17-19-7-8-20(29(32,33)34)16-22(19)31(38,39)40)15-26-27(44)41-28(47-26)43-12-10-42(11-13-43)23-5-3-2-4-21(23)30(35,36)37/h2-9,14-16H,10-13,17H2,1H3/b26-15-. The van der Waals surface area contributed by atoms with Crippen molar-refractivity contribution in [3.63, 3.8) is 0 Å². The molecule has 0 bridgehead atoms. The number of methoxy groups -OCH3 is 1. The van der Waals surface area contributed by atoms with Crippen molar-refractivity contribution in [3.8, 4) is 11.5 Å². The predicted molar refractivity (Wildman–Crippen MR) is 157 cm³/mol. The van der Waals surface area contributed by atoms with E-state index in [1.807, 2.05) is 4.90 Å². The summed E-state index contributed by atoms with van der Waals surface area (Å²) in [6.07, 6.45) is -13.0. The Kier molecular flexibility index (Phi) is 9.44. The molecule has 0 unspecified atom stereocenters. The fourth-order valence-corrected chi connectivity index (χ4v) is 5.97. The average molecular weight is 690 g/mol. The summed E-state index contributed by atoms with van der Waals surface area (Å²) < 4.78 is 131. The number of anilines is 1. The van der Waals surface area contributed by atoms with Crippen LogP contribution in [0.15, 0.2) is 70.6 Å². The topological polar surface area (TPSA) is 54.4 Å². The van der Waals surface area contributed by atoms with Crippen LogP contribution in [0.5, 0.6) is 11.5 Å². The molecule has 0 saturated carbocycles. The Labute approximate surface area is 266 Å². The van der Waals surface area contributed by atoms with Crippen molar-refractivity contribution < 1.29 is 53.8 Å². The van der Waals surface area contributed by atoms with E-state index in [1.54, 1.807) is 11.0 Å². The van der Waals surface area contributed by atoms with E-state index in [1.165, 1.54) is 43.5 Å². The van der Waals surface area contributed by atoms with Crippen molar-refractivity contribution >= 4 is 34.6 Å². The van der Waals surface area contributed by atoms with Crippen molar-refractivity contribution in [1.82, 2.24) is 4.90 Å². The number of rotatable bonds is 6. The van der Waals surface area contributed by atoms with Crippen molar-refractivity contribution in [3.05, 3.63) is 93.4 Å². The SMILES string of the molecule is COc1cc(/C=C2\SC(N3CCN(c4ccccc4C(F)(F)F)CC3)=NC2=O)ccc1OCc1ccc(C(F)(F)F)cc1C(F)(F)F. The molecule has 2 aliphatic heterocycles. The molecule has 3 aromatic rings. The molecule has 5 rings (SSSR count). The first-order chi connectivity index (χ1) is 22.0. The lowest BCUT2D eigenvalue weighted by Gasteiger charge is -2.37. The number of amides is 1. The largest absolute Gasteiger partial charge is 0.493 e. The van der Waals surface area contributed by atoms with Crippen LogP contribution in [0.2, 0.25) is 0 Å². The second-order valence-corrected chi connectivity index (χ2v) is 11.4. The van der Waals surface area contributed by atoms with Crippen LogP contribution in [0.4, 0.5) is 45.2 Å². The summed E-state index contributed by atoms with van der Waals surface area (Å²) in [5.74, 6) is -0.433. The Bertz CT molecular complexity index is 1710. The van der Waals surface area contributed by atoms with Gasteiger partial charge < -0.3 is 19.3 Å². The van der Waals surface area contributed by atoms with E-state index in [0.29, 0.717) is 36.0 Å². The minimum atomic E-state index is -5.06. The zero-order valence-corrected chi connectivity index (χ0v) is 25.1. The number of aliphatic imine (C=N–C) groups is 1. The van der Waals surface area contributed by atoms with E-state index in [4.69, 9.17) is 9.47 Å². The van der Waals surface area contributed by atoms with E-state index in [0.717, 1.165) is 17.8 Å². The van der Waals surface area contributed by atoms with Crippen LogP contribution in [0.1, 0.15) is 27.8 Å². The van der Waals surface area contributed by atoms with E-state index < -0.39 is 53.3 Å². The second-order valence-electron chi connectivity index (χ2n) is 10.4. The molecule has 2 heterocycles. The van der Waals surface area contributed by atoms with Gasteiger partial charge in [0, 0.05) is 37.4 Å². The predicted octanol–water partition coefficient (Wildman–Crippen LogP) is 8.12. The number of hydrogen-bond acceptors (Lipinski definition) is 6. The number of benzene rings is 3. The molecular formula is C31H24F9N3O3S. The first-order valence-electron chi connectivity index (χ1n) is 13.8. The number of amidine groups is 1. The number of carbonyl (C=O) groups is 1. The number of carbonyl (C=O) groups excluding carboxylic acids is 1. The number of ether oxygens (including phenoxy) is 2. The molecule has 0 aliphatic carbocycles. The summed E-state index contributed by atoms with van der Waals surface area (Å²) >= 11 is 1.09. The number of halogens is 9. The molecule has 1 amide bonds. The van der Waals surface area contributed by atoms with Crippen LogP contribution in [0.3, 0.4) is 0 Å². The first-order valence-corrected chi connectivity index (χ1v) is 14.6. The first kappa shape index (κ1) is 34.0. The average Bonchev–Trinajstić information content (AvgIpc) is 3.38. The molecule has 3 aromatic carbocycles. The molecule has 6 nitrogen and oxygen atoms in total. The van der Waals surface area contributed by atoms with Gasteiger partial charge in [0.15, 0.2) is 16.7 Å². The van der Waals surface area contributed by atoms with Gasteiger partial charge in [-0.25, -0.2) is 0 Å². The van der Waals surface area contributed by atoms with E-state index in [-0.39, 0.29) is 41.2 Å². The summed E-state index contributed by atoms with van der Waals surface area (Å²) in [5, 5.41) is 0.397. The molecule has 0 atom stereocenters. The highest BCUT2D eigenvalue weighted by Gasteiger charge is 2.39. The van der Waals surface area contributed by atoms with Gasteiger partial charge in [0.2, 0.25) is 0 Å². The van der Waals surface area contributed by atoms with Gasteiger partial charge in [0.25, 0.3) is 5.91 Å². The third kappa shape index (κ3) is 7.80.